The molecule has 5 nitrogen and oxygen atoms in total. The van der Waals surface area contributed by atoms with Crippen molar-refractivity contribution in [2.24, 2.45) is 0 Å². The van der Waals surface area contributed by atoms with Crippen molar-refractivity contribution in [3.05, 3.63) is 45.4 Å². The molecule has 0 aliphatic carbocycles. The van der Waals surface area contributed by atoms with E-state index in [-0.39, 0.29) is 11.3 Å². The van der Waals surface area contributed by atoms with E-state index in [0.717, 1.165) is 38.4 Å². The number of piperazine rings is 1. The number of nitrogens with zero attached hydrogens (tertiary/aromatic N) is 3. The van der Waals surface area contributed by atoms with E-state index in [1.165, 1.54) is 10.7 Å². The summed E-state index contributed by atoms with van der Waals surface area (Å²) in [6.07, 6.45) is 0. The third-order valence-corrected chi connectivity index (χ3v) is 5.69. The molecule has 0 atom stereocenters. The second-order valence-corrected chi connectivity index (χ2v) is 9.37. The molecule has 146 valence electrons. The van der Waals surface area contributed by atoms with Crippen LogP contribution in [0.5, 0.6) is 0 Å². The first kappa shape index (κ1) is 20.3. The predicted molar refractivity (Wildman–Crippen MR) is 113 cm³/mol. The van der Waals surface area contributed by atoms with Crippen LogP contribution in [0.2, 0.25) is 5.02 Å². The Kier molecular flexibility index (Phi) is 6.52. The summed E-state index contributed by atoms with van der Waals surface area (Å²) in [7, 11) is 0. The molecule has 1 aliphatic rings. The Morgan fingerprint density at radius 1 is 1.22 bits per heavy atom. The molecule has 1 aromatic carbocycles. The van der Waals surface area contributed by atoms with Crippen LogP contribution in [0.15, 0.2) is 29.6 Å². The highest BCUT2D eigenvalue weighted by Gasteiger charge is 2.22. The van der Waals surface area contributed by atoms with Crippen molar-refractivity contribution in [3.63, 3.8) is 0 Å². The molecule has 2 heterocycles. The van der Waals surface area contributed by atoms with E-state index < -0.39 is 0 Å². The summed E-state index contributed by atoms with van der Waals surface area (Å²) in [5.74, 6) is 0.000425. The highest BCUT2D eigenvalue weighted by molar-refractivity contribution is 7.09. The van der Waals surface area contributed by atoms with Gasteiger partial charge in [-0.15, -0.1) is 11.3 Å². The standard InChI is InChI=1S/C20H27ClN4OS/c1-20(2,3)17-14-27-19(23-17)13-25-9-7-24(8-10-25)12-18(26)22-16-6-4-5-15(21)11-16/h4-6,11,14H,7-10,12-13H2,1-3H3,(H,22,26). The molecule has 1 N–H and O–H groups in total. The number of thiazole rings is 1. The number of rotatable bonds is 5. The summed E-state index contributed by atoms with van der Waals surface area (Å²) >= 11 is 7.70. The molecule has 1 fully saturated rings. The van der Waals surface area contributed by atoms with E-state index in [1.54, 1.807) is 23.5 Å². The van der Waals surface area contributed by atoms with Gasteiger partial charge in [0, 0.05) is 47.7 Å². The number of benzene rings is 1. The minimum absolute atomic E-state index is 0.000425. The molecule has 1 amide bonds. The maximum absolute atomic E-state index is 12.2. The van der Waals surface area contributed by atoms with E-state index in [2.05, 4.69) is 41.3 Å². The first-order valence-electron chi connectivity index (χ1n) is 9.24. The molecule has 27 heavy (non-hydrogen) atoms. The fourth-order valence-corrected chi connectivity index (χ4v) is 4.25. The van der Waals surface area contributed by atoms with Crippen molar-refractivity contribution in [1.82, 2.24) is 14.8 Å². The van der Waals surface area contributed by atoms with Crippen LogP contribution in [-0.4, -0.2) is 53.4 Å². The number of carbonyl (C=O) groups excluding carboxylic acids is 1. The summed E-state index contributed by atoms with van der Waals surface area (Å²) < 4.78 is 0. The molecule has 0 radical (unpaired) electrons. The number of hydrogen-bond acceptors (Lipinski definition) is 5. The Balaban J connectivity index is 1.43. The molecular formula is C20H27ClN4OS. The van der Waals surface area contributed by atoms with Crippen molar-refractivity contribution >= 4 is 34.5 Å². The van der Waals surface area contributed by atoms with Crippen LogP contribution < -0.4 is 5.32 Å². The fraction of sp³-hybridized carbons (Fsp3) is 0.500. The molecule has 0 bridgehead atoms. The Hall–Kier alpha value is -1.47. The molecule has 1 aromatic heterocycles. The predicted octanol–water partition coefficient (Wildman–Crippen LogP) is 3.85. The first-order chi connectivity index (χ1) is 12.8. The van der Waals surface area contributed by atoms with Gasteiger partial charge in [-0.25, -0.2) is 4.98 Å². The van der Waals surface area contributed by atoms with Crippen molar-refractivity contribution < 1.29 is 4.79 Å². The lowest BCUT2D eigenvalue weighted by atomic mass is 9.93. The highest BCUT2D eigenvalue weighted by atomic mass is 35.5. The van der Waals surface area contributed by atoms with Crippen molar-refractivity contribution in [3.8, 4) is 0 Å². The summed E-state index contributed by atoms with van der Waals surface area (Å²) in [5.41, 5.74) is 2.01. The lowest BCUT2D eigenvalue weighted by Crippen LogP contribution is -2.48. The van der Waals surface area contributed by atoms with E-state index in [4.69, 9.17) is 16.6 Å². The van der Waals surface area contributed by atoms with Crippen LogP contribution in [0.4, 0.5) is 5.69 Å². The Morgan fingerprint density at radius 2 is 1.93 bits per heavy atom. The van der Waals surface area contributed by atoms with Crippen LogP contribution in [-0.2, 0) is 16.8 Å². The second-order valence-electron chi connectivity index (χ2n) is 7.99. The smallest absolute Gasteiger partial charge is 0.238 e. The van der Waals surface area contributed by atoms with Crippen LogP contribution >= 0.6 is 22.9 Å². The van der Waals surface area contributed by atoms with Gasteiger partial charge in [-0.3, -0.25) is 14.6 Å². The average molecular weight is 407 g/mol. The number of halogens is 1. The third kappa shape index (κ3) is 6.01. The van der Waals surface area contributed by atoms with Gasteiger partial charge in [-0.1, -0.05) is 38.4 Å². The van der Waals surface area contributed by atoms with Gasteiger partial charge in [0.25, 0.3) is 0 Å². The topological polar surface area (TPSA) is 48.5 Å². The summed E-state index contributed by atoms with van der Waals surface area (Å²) in [5, 5.41) is 6.88. The number of anilines is 1. The second kappa shape index (κ2) is 8.69. The Morgan fingerprint density at radius 3 is 2.56 bits per heavy atom. The normalized spacial score (nSPS) is 16.4. The van der Waals surface area contributed by atoms with Crippen LogP contribution in [0.1, 0.15) is 31.5 Å². The number of hydrogen-bond donors (Lipinski definition) is 1. The van der Waals surface area contributed by atoms with E-state index in [1.807, 2.05) is 12.1 Å². The zero-order valence-corrected chi connectivity index (χ0v) is 17.7. The maximum atomic E-state index is 12.2. The minimum Gasteiger partial charge on any atom is -0.325 e. The summed E-state index contributed by atoms with van der Waals surface area (Å²) in [6.45, 7) is 11.6. The SMILES string of the molecule is CC(C)(C)c1csc(CN2CCN(CC(=O)Nc3cccc(Cl)c3)CC2)n1. The number of carbonyl (C=O) groups is 1. The first-order valence-corrected chi connectivity index (χ1v) is 10.5. The molecule has 3 rings (SSSR count). The largest absolute Gasteiger partial charge is 0.325 e. The van der Waals surface area contributed by atoms with Gasteiger partial charge in [-0.2, -0.15) is 0 Å². The Bertz CT molecular complexity index is 778. The highest BCUT2D eigenvalue weighted by Crippen LogP contribution is 2.24. The van der Waals surface area contributed by atoms with Gasteiger partial charge >= 0.3 is 0 Å². The quantitative estimate of drug-likeness (QED) is 0.819. The van der Waals surface area contributed by atoms with Gasteiger partial charge in [0.1, 0.15) is 5.01 Å². The fourth-order valence-electron chi connectivity index (χ4n) is 2.99. The molecule has 1 aliphatic heterocycles. The van der Waals surface area contributed by atoms with Gasteiger partial charge in [-0.05, 0) is 18.2 Å². The van der Waals surface area contributed by atoms with Crippen LogP contribution in [0.25, 0.3) is 0 Å². The number of aromatic nitrogens is 1. The maximum Gasteiger partial charge on any atom is 0.238 e. The molecule has 1 saturated heterocycles. The zero-order valence-electron chi connectivity index (χ0n) is 16.2. The van der Waals surface area contributed by atoms with Crippen molar-refractivity contribution in [1.29, 1.82) is 0 Å². The number of amides is 1. The van der Waals surface area contributed by atoms with Gasteiger partial charge in [0.2, 0.25) is 5.91 Å². The molecule has 0 saturated carbocycles. The molecule has 0 unspecified atom stereocenters. The molecule has 0 spiro atoms. The monoisotopic (exact) mass is 406 g/mol. The number of nitrogens with one attached hydrogen (secondary N) is 1. The summed E-state index contributed by atoms with van der Waals surface area (Å²) in [6, 6.07) is 7.24. The lowest BCUT2D eigenvalue weighted by Gasteiger charge is -2.33. The van der Waals surface area contributed by atoms with E-state index in [0.29, 0.717) is 11.6 Å². The van der Waals surface area contributed by atoms with E-state index >= 15 is 0 Å². The van der Waals surface area contributed by atoms with E-state index in [9.17, 15) is 4.79 Å². The van der Waals surface area contributed by atoms with Crippen molar-refractivity contribution in [2.45, 2.75) is 32.7 Å². The Labute approximate surface area is 170 Å². The zero-order chi connectivity index (χ0) is 19.4. The average Bonchev–Trinajstić information content (AvgIpc) is 3.05. The van der Waals surface area contributed by atoms with Gasteiger partial charge in [0.05, 0.1) is 18.8 Å². The van der Waals surface area contributed by atoms with Gasteiger partial charge < -0.3 is 5.32 Å². The minimum atomic E-state index is 0.000425. The molecule has 7 heteroatoms. The van der Waals surface area contributed by atoms with Crippen LogP contribution in [0, 0.1) is 0 Å². The molecular weight excluding hydrogens is 380 g/mol. The third-order valence-electron chi connectivity index (χ3n) is 4.62. The van der Waals surface area contributed by atoms with Gasteiger partial charge in [0.15, 0.2) is 0 Å². The van der Waals surface area contributed by atoms with Crippen molar-refractivity contribution in [2.75, 3.05) is 38.0 Å². The molecule has 2 aromatic rings. The van der Waals surface area contributed by atoms with Crippen LogP contribution in [0.3, 0.4) is 0 Å². The summed E-state index contributed by atoms with van der Waals surface area (Å²) in [4.78, 5) is 21.6. The lowest BCUT2D eigenvalue weighted by molar-refractivity contribution is -0.117.